The van der Waals surface area contributed by atoms with E-state index in [4.69, 9.17) is 16.3 Å². The predicted molar refractivity (Wildman–Crippen MR) is 65.1 cm³/mol. The number of halogens is 1. The Hall–Kier alpha value is -1.20. The van der Waals surface area contributed by atoms with Crippen LogP contribution >= 0.6 is 11.6 Å². The lowest BCUT2D eigenvalue weighted by Gasteiger charge is -2.26. The fourth-order valence-electron chi connectivity index (χ4n) is 1.56. The second-order valence-electron chi connectivity index (χ2n) is 3.64. The van der Waals surface area contributed by atoms with Crippen molar-refractivity contribution in [1.82, 2.24) is 15.1 Å². The lowest BCUT2D eigenvalue weighted by molar-refractivity contribution is 0.0572. The van der Waals surface area contributed by atoms with Crippen molar-refractivity contribution in [2.75, 3.05) is 20.3 Å². The van der Waals surface area contributed by atoms with E-state index in [2.05, 4.69) is 10.2 Å². The average molecular weight is 258 g/mol. The molecule has 0 radical (unpaired) electrons. The van der Waals surface area contributed by atoms with E-state index in [-0.39, 0.29) is 17.1 Å². The van der Waals surface area contributed by atoms with E-state index in [1.54, 1.807) is 24.1 Å². The summed E-state index contributed by atoms with van der Waals surface area (Å²) in [4.78, 5) is 13.8. The van der Waals surface area contributed by atoms with E-state index >= 15 is 0 Å². The van der Waals surface area contributed by atoms with E-state index in [0.29, 0.717) is 18.8 Å². The van der Waals surface area contributed by atoms with Crippen molar-refractivity contribution < 1.29 is 9.53 Å². The molecule has 1 aromatic rings. The lowest BCUT2D eigenvalue weighted by atomic mass is 10.2. The zero-order chi connectivity index (χ0) is 12.8. The number of hydrogen-bond acceptors (Lipinski definition) is 4. The monoisotopic (exact) mass is 257 g/mol. The van der Waals surface area contributed by atoms with E-state index in [9.17, 15) is 4.79 Å². The first-order chi connectivity index (χ1) is 8.10. The van der Waals surface area contributed by atoms with Crippen LogP contribution in [0.4, 0.5) is 0 Å². The molecule has 94 valence electrons. The molecule has 1 heterocycles. The number of hydrogen-bond donors (Lipinski definition) is 0. The number of likely N-dealkylation sites (N-methyl/N-ethyl adjacent to an activating group) is 1. The molecule has 1 amide bonds. The predicted octanol–water partition coefficient (Wildman–Crippen LogP) is 1.63. The van der Waals surface area contributed by atoms with E-state index in [1.165, 1.54) is 0 Å². The fourth-order valence-corrected chi connectivity index (χ4v) is 1.66. The highest BCUT2D eigenvalue weighted by Gasteiger charge is 2.21. The first kappa shape index (κ1) is 13.9. The molecule has 0 aliphatic rings. The third-order valence-electron chi connectivity index (χ3n) is 2.39. The van der Waals surface area contributed by atoms with Gasteiger partial charge in [0.15, 0.2) is 10.8 Å². The molecule has 0 aliphatic carbocycles. The van der Waals surface area contributed by atoms with Crippen LogP contribution in [0.3, 0.4) is 0 Å². The molecule has 1 unspecified atom stereocenters. The molecule has 0 aliphatic heterocycles. The van der Waals surface area contributed by atoms with Gasteiger partial charge >= 0.3 is 0 Å². The molecule has 0 bridgehead atoms. The number of aromatic nitrogens is 2. The molecule has 1 aromatic heterocycles. The Morgan fingerprint density at radius 2 is 2.24 bits per heavy atom. The molecule has 1 rings (SSSR count). The van der Waals surface area contributed by atoms with Crippen molar-refractivity contribution in [3.63, 3.8) is 0 Å². The van der Waals surface area contributed by atoms with Gasteiger partial charge in [-0.05, 0) is 26.0 Å². The zero-order valence-corrected chi connectivity index (χ0v) is 10.9. The van der Waals surface area contributed by atoms with Gasteiger partial charge in [0.2, 0.25) is 0 Å². The summed E-state index contributed by atoms with van der Waals surface area (Å²) in [5.41, 5.74) is 0.291. The summed E-state index contributed by atoms with van der Waals surface area (Å²) in [6.07, 6.45) is 0. The number of methoxy groups -OCH3 is 1. The minimum absolute atomic E-state index is 0.00465. The smallest absolute Gasteiger partial charge is 0.274 e. The van der Waals surface area contributed by atoms with Crippen LogP contribution in [0.1, 0.15) is 24.3 Å². The largest absolute Gasteiger partial charge is 0.383 e. The molecule has 0 saturated carbocycles. The molecular formula is C11H16ClN3O2. The molecule has 0 saturated heterocycles. The van der Waals surface area contributed by atoms with Gasteiger partial charge in [-0.1, -0.05) is 11.6 Å². The topological polar surface area (TPSA) is 55.3 Å². The van der Waals surface area contributed by atoms with Gasteiger partial charge in [0.25, 0.3) is 5.91 Å². The quantitative estimate of drug-likeness (QED) is 0.805. The van der Waals surface area contributed by atoms with Crippen molar-refractivity contribution in [1.29, 1.82) is 0 Å². The van der Waals surface area contributed by atoms with Crippen LogP contribution < -0.4 is 0 Å². The maximum absolute atomic E-state index is 12.1. The standard InChI is InChI=1S/C11H16ClN3O2/c1-4-15(8(2)7-17-3)11(16)9-5-6-10(12)14-13-9/h5-6,8H,4,7H2,1-3H3. The van der Waals surface area contributed by atoms with E-state index < -0.39 is 0 Å². The minimum atomic E-state index is -0.166. The van der Waals surface area contributed by atoms with Crippen LogP contribution in [-0.2, 0) is 4.74 Å². The summed E-state index contributed by atoms with van der Waals surface area (Å²) in [7, 11) is 1.61. The number of amides is 1. The highest BCUT2D eigenvalue weighted by Crippen LogP contribution is 2.08. The Labute approximate surface area is 106 Å². The van der Waals surface area contributed by atoms with Gasteiger partial charge in [-0.25, -0.2) is 0 Å². The van der Waals surface area contributed by atoms with Crippen LogP contribution in [0.5, 0.6) is 0 Å². The van der Waals surface area contributed by atoms with Crippen molar-refractivity contribution in [3.8, 4) is 0 Å². The number of rotatable bonds is 5. The van der Waals surface area contributed by atoms with Gasteiger partial charge in [0.05, 0.1) is 12.6 Å². The second kappa shape index (κ2) is 6.51. The molecule has 0 fully saturated rings. The molecule has 17 heavy (non-hydrogen) atoms. The summed E-state index contributed by atoms with van der Waals surface area (Å²) in [5.74, 6) is -0.166. The van der Waals surface area contributed by atoms with E-state index in [1.807, 2.05) is 13.8 Å². The maximum atomic E-state index is 12.1. The van der Waals surface area contributed by atoms with Crippen LogP contribution in [0.25, 0.3) is 0 Å². The van der Waals surface area contributed by atoms with Crippen molar-refractivity contribution in [2.45, 2.75) is 19.9 Å². The maximum Gasteiger partial charge on any atom is 0.274 e. The third kappa shape index (κ3) is 3.64. The Morgan fingerprint density at radius 3 is 2.71 bits per heavy atom. The van der Waals surface area contributed by atoms with Gasteiger partial charge < -0.3 is 9.64 Å². The Morgan fingerprint density at radius 1 is 1.53 bits per heavy atom. The Kier molecular flexibility index (Phi) is 5.31. The lowest BCUT2D eigenvalue weighted by Crippen LogP contribution is -2.41. The highest BCUT2D eigenvalue weighted by molar-refractivity contribution is 6.29. The first-order valence-corrected chi connectivity index (χ1v) is 5.77. The molecule has 0 spiro atoms. The molecule has 1 atom stereocenters. The number of carbonyl (C=O) groups is 1. The second-order valence-corrected chi connectivity index (χ2v) is 4.02. The molecule has 0 aromatic carbocycles. The SMILES string of the molecule is CCN(C(=O)c1ccc(Cl)nn1)C(C)COC. The number of carbonyl (C=O) groups excluding carboxylic acids is 1. The Balaban J connectivity index is 2.82. The summed E-state index contributed by atoms with van der Waals surface area (Å²) in [6, 6.07) is 3.12. The van der Waals surface area contributed by atoms with Crippen molar-refractivity contribution >= 4 is 17.5 Å². The van der Waals surface area contributed by atoms with Crippen LogP contribution in [0, 0.1) is 0 Å². The average Bonchev–Trinajstić information content (AvgIpc) is 2.31. The third-order valence-corrected chi connectivity index (χ3v) is 2.59. The van der Waals surface area contributed by atoms with Gasteiger partial charge in [0, 0.05) is 13.7 Å². The molecule has 0 N–H and O–H groups in total. The van der Waals surface area contributed by atoms with Crippen LogP contribution in [-0.4, -0.2) is 47.3 Å². The molecular weight excluding hydrogens is 242 g/mol. The molecule has 6 heteroatoms. The Bertz CT molecular complexity index is 369. The summed E-state index contributed by atoms with van der Waals surface area (Å²) >= 11 is 5.62. The highest BCUT2D eigenvalue weighted by atomic mass is 35.5. The first-order valence-electron chi connectivity index (χ1n) is 5.39. The number of nitrogens with zero attached hydrogens (tertiary/aromatic N) is 3. The summed E-state index contributed by atoms with van der Waals surface area (Å²) < 4.78 is 5.04. The van der Waals surface area contributed by atoms with Gasteiger partial charge in [0.1, 0.15) is 0 Å². The van der Waals surface area contributed by atoms with Crippen molar-refractivity contribution in [2.24, 2.45) is 0 Å². The van der Waals surface area contributed by atoms with E-state index in [0.717, 1.165) is 0 Å². The van der Waals surface area contributed by atoms with Gasteiger partial charge in [-0.2, -0.15) is 0 Å². The van der Waals surface area contributed by atoms with Crippen LogP contribution in [0.15, 0.2) is 12.1 Å². The minimum Gasteiger partial charge on any atom is -0.383 e. The summed E-state index contributed by atoms with van der Waals surface area (Å²) in [5, 5.41) is 7.71. The zero-order valence-electron chi connectivity index (χ0n) is 10.2. The van der Waals surface area contributed by atoms with Crippen LogP contribution in [0.2, 0.25) is 5.15 Å². The fraction of sp³-hybridized carbons (Fsp3) is 0.545. The normalized spacial score (nSPS) is 12.2. The van der Waals surface area contributed by atoms with Gasteiger partial charge in [-0.3, -0.25) is 4.79 Å². The van der Waals surface area contributed by atoms with Crippen molar-refractivity contribution in [3.05, 3.63) is 23.0 Å². The number of ether oxygens (including phenoxy) is 1. The summed E-state index contributed by atoms with van der Waals surface area (Å²) in [6.45, 7) is 4.91. The van der Waals surface area contributed by atoms with Gasteiger partial charge in [-0.15, -0.1) is 10.2 Å². The molecule has 5 nitrogen and oxygen atoms in total.